The second-order valence-corrected chi connectivity index (χ2v) is 16.1. The smallest absolute Gasteiger partial charge is 0.135 e. The molecule has 2 heterocycles. The molecule has 0 fully saturated rings. The number of furan rings is 1. The first kappa shape index (κ1) is 32.8. The molecule has 0 bridgehead atoms. The number of anilines is 6. The molecule has 3 nitrogen and oxygen atoms in total. The Bertz CT molecular complexity index is 3280. The SMILES string of the molecule is CC1(C)c2cc(N(c3cccc(-c4ccccc4)c3)c3ccc4oc5ccccc5c4c3)ccc2-c2ccc(N3c4ccccc4-c4cccc5cccc3c45)cc21. The molecule has 3 heteroatoms. The lowest BCUT2D eigenvalue weighted by molar-refractivity contribution is 0.660. The van der Waals surface area contributed by atoms with Crippen molar-refractivity contribution in [2.75, 3.05) is 9.80 Å². The highest BCUT2D eigenvalue weighted by Crippen LogP contribution is 2.55. The van der Waals surface area contributed by atoms with Gasteiger partial charge in [0.1, 0.15) is 11.2 Å². The van der Waals surface area contributed by atoms with E-state index in [1.165, 1.54) is 72.3 Å². The highest BCUT2D eigenvalue weighted by Gasteiger charge is 2.37. The fourth-order valence-electron chi connectivity index (χ4n) is 9.78. The molecule has 10 aromatic rings. The highest BCUT2D eigenvalue weighted by atomic mass is 16.3. The lowest BCUT2D eigenvalue weighted by Crippen LogP contribution is -2.18. The van der Waals surface area contributed by atoms with Crippen LogP contribution in [0.3, 0.4) is 0 Å². The first-order valence-electron chi connectivity index (χ1n) is 20.1. The number of para-hydroxylation sites is 2. The predicted molar refractivity (Wildman–Crippen MR) is 243 cm³/mol. The van der Waals surface area contributed by atoms with Crippen LogP contribution in [-0.4, -0.2) is 0 Å². The first-order chi connectivity index (χ1) is 28.5. The molecule has 0 amide bonds. The summed E-state index contributed by atoms with van der Waals surface area (Å²) in [5.74, 6) is 0. The summed E-state index contributed by atoms with van der Waals surface area (Å²) in [7, 11) is 0. The topological polar surface area (TPSA) is 19.6 Å². The molecule has 274 valence electrons. The van der Waals surface area contributed by atoms with Gasteiger partial charge in [0.25, 0.3) is 0 Å². The number of rotatable bonds is 5. The van der Waals surface area contributed by atoms with Gasteiger partial charge in [-0.25, -0.2) is 0 Å². The Morgan fingerprint density at radius 3 is 1.97 bits per heavy atom. The van der Waals surface area contributed by atoms with E-state index in [1.807, 2.05) is 12.1 Å². The van der Waals surface area contributed by atoms with Gasteiger partial charge in [-0.3, -0.25) is 0 Å². The maximum absolute atomic E-state index is 6.28. The largest absolute Gasteiger partial charge is 0.456 e. The van der Waals surface area contributed by atoms with Gasteiger partial charge in [0.15, 0.2) is 0 Å². The van der Waals surface area contributed by atoms with Crippen LogP contribution in [0.2, 0.25) is 0 Å². The molecule has 1 aliphatic carbocycles. The average molecular weight is 743 g/mol. The van der Waals surface area contributed by atoms with Crippen LogP contribution in [0.5, 0.6) is 0 Å². The van der Waals surface area contributed by atoms with Crippen molar-refractivity contribution in [3.05, 3.63) is 205 Å². The quantitative estimate of drug-likeness (QED) is 0.175. The van der Waals surface area contributed by atoms with Gasteiger partial charge < -0.3 is 14.2 Å². The number of hydrogen-bond acceptors (Lipinski definition) is 3. The number of hydrogen-bond donors (Lipinski definition) is 0. The minimum atomic E-state index is -0.252. The van der Waals surface area contributed by atoms with Crippen LogP contribution in [-0.2, 0) is 5.41 Å². The molecule has 0 radical (unpaired) electrons. The summed E-state index contributed by atoms with van der Waals surface area (Å²) in [5, 5.41) is 4.79. The molecule has 0 unspecified atom stereocenters. The summed E-state index contributed by atoms with van der Waals surface area (Å²) in [6.45, 7) is 4.77. The van der Waals surface area contributed by atoms with Gasteiger partial charge in [0.2, 0.25) is 0 Å². The zero-order chi connectivity index (χ0) is 38.5. The van der Waals surface area contributed by atoms with E-state index >= 15 is 0 Å². The van der Waals surface area contributed by atoms with Crippen molar-refractivity contribution in [1.29, 1.82) is 0 Å². The minimum Gasteiger partial charge on any atom is -0.456 e. The third-order valence-corrected chi connectivity index (χ3v) is 12.5. The summed E-state index contributed by atoms with van der Waals surface area (Å²) in [4.78, 5) is 4.87. The van der Waals surface area contributed by atoms with Gasteiger partial charge in [-0.15, -0.1) is 0 Å². The third kappa shape index (κ3) is 4.80. The Kier molecular flexibility index (Phi) is 6.98. The molecular weight excluding hydrogens is 705 g/mol. The van der Waals surface area contributed by atoms with Crippen LogP contribution in [0.25, 0.3) is 66.1 Å². The molecule has 0 N–H and O–H groups in total. The first-order valence-corrected chi connectivity index (χ1v) is 20.1. The average Bonchev–Trinajstić information content (AvgIpc) is 3.75. The second-order valence-electron chi connectivity index (χ2n) is 16.1. The molecular formula is C55H38N2O. The second kappa shape index (κ2) is 12.3. The molecule has 1 aliphatic heterocycles. The van der Waals surface area contributed by atoms with Gasteiger partial charge >= 0.3 is 0 Å². The van der Waals surface area contributed by atoms with Crippen LogP contribution in [0.15, 0.2) is 199 Å². The van der Waals surface area contributed by atoms with Gasteiger partial charge in [0.05, 0.1) is 11.4 Å². The molecule has 0 saturated heterocycles. The van der Waals surface area contributed by atoms with Crippen molar-refractivity contribution in [1.82, 2.24) is 0 Å². The third-order valence-electron chi connectivity index (χ3n) is 12.5. The molecule has 0 saturated carbocycles. The van der Waals surface area contributed by atoms with E-state index in [2.05, 4.69) is 206 Å². The van der Waals surface area contributed by atoms with E-state index < -0.39 is 0 Å². The van der Waals surface area contributed by atoms with Crippen molar-refractivity contribution >= 4 is 66.8 Å². The van der Waals surface area contributed by atoms with Crippen LogP contribution in [0, 0.1) is 0 Å². The summed E-state index contributed by atoms with van der Waals surface area (Å²) in [6.07, 6.45) is 0. The predicted octanol–water partition coefficient (Wildman–Crippen LogP) is 15.6. The van der Waals surface area contributed by atoms with Crippen LogP contribution < -0.4 is 9.80 Å². The van der Waals surface area contributed by atoms with Crippen molar-refractivity contribution < 1.29 is 4.42 Å². The fraction of sp³-hybridized carbons (Fsp3) is 0.0545. The zero-order valence-corrected chi connectivity index (χ0v) is 32.3. The van der Waals surface area contributed by atoms with Crippen LogP contribution in [0.4, 0.5) is 34.1 Å². The number of nitrogens with zero attached hydrogens (tertiary/aromatic N) is 2. The molecule has 2 aliphatic rings. The Morgan fingerprint density at radius 1 is 0.431 bits per heavy atom. The molecule has 1 aromatic heterocycles. The lowest BCUT2D eigenvalue weighted by atomic mass is 9.82. The van der Waals surface area contributed by atoms with Gasteiger partial charge in [-0.2, -0.15) is 0 Å². The zero-order valence-electron chi connectivity index (χ0n) is 32.3. The van der Waals surface area contributed by atoms with Crippen molar-refractivity contribution in [3.63, 3.8) is 0 Å². The Hall–Kier alpha value is -7.36. The summed E-state index contributed by atoms with van der Waals surface area (Å²) in [5.41, 5.74) is 18.6. The number of benzene rings is 9. The van der Waals surface area contributed by atoms with Gasteiger partial charge in [0, 0.05) is 49.9 Å². The van der Waals surface area contributed by atoms with E-state index in [1.54, 1.807) is 0 Å². The standard InChI is InChI=1S/C55H38N2O/c1-55(2)48-33-40(56(38-18-10-17-37(31-38)35-13-4-3-5-14-35)39-27-30-53-47(32-39)45-20-7-9-24-52(45)58-53)25-28-42(48)43-29-26-41(34-49(43)55)57-50-22-8-6-19-44(50)46-21-11-15-36-16-12-23-51(57)54(36)46/h3-34H,1-2H3. The molecule has 0 atom stereocenters. The van der Waals surface area contributed by atoms with E-state index in [9.17, 15) is 0 Å². The number of fused-ring (bicyclic) bond motifs is 8. The summed E-state index contributed by atoms with van der Waals surface area (Å²) >= 11 is 0. The maximum atomic E-state index is 6.28. The Balaban J connectivity index is 1.01. The lowest BCUT2D eigenvalue weighted by Gasteiger charge is -2.34. The summed E-state index contributed by atoms with van der Waals surface area (Å²) in [6, 6.07) is 70.8. The maximum Gasteiger partial charge on any atom is 0.135 e. The molecule has 9 aromatic carbocycles. The van der Waals surface area contributed by atoms with Crippen molar-refractivity contribution in [2.24, 2.45) is 0 Å². The van der Waals surface area contributed by atoms with Gasteiger partial charge in [-0.1, -0.05) is 135 Å². The van der Waals surface area contributed by atoms with Crippen molar-refractivity contribution in [3.8, 4) is 33.4 Å². The van der Waals surface area contributed by atoms with E-state index in [4.69, 9.17) is 4.42 Å². The Morgan fingerprint density at radius 2 is 1.07 bits per heavy atom. The van der Waals surface area contributed by atoms with Crippen LogP contribution in [0.1, 0.15) is 25.0 Å². The van der Waals surface area contributed by atoms with Gasteiger partial charge in [-0.05, 0) is 117 Å². The Labute approximate surface area is 337 Å². The highest BCUT2D eigenvalue weighted by molar-refractivity contribution is 6.14. The normalized spacial score (nSPS) is 13.4. The minimum absolute atomic E-state index is 0.252. The van der Waals surface area contributed by atoms with Crippen LogP contribution >= 0.6 is 0 Å². The van der Waals surface area contributed by atoms with E-state index in [0.29, 0.717) is 0 Å². The molecule has 12 rings (SSSR count). The van der Waals surface area contributed by atoms with E-state index in [0.717, 1.165) is 39.0 Å². The van der Waals surface area contributed by atoms with Crippen molar-refractivity contribution in [2.45, 2.75) is 19.3 Å². The molecule has 58 heavy (non-hydrogen) atoms. The van der Waals surface area contributed by atoms with E-state index in [-0.39, 0.29) is 5.41 Å². The fourth-order valence-corrected chi connectivity index (χ4v) is 9.78. The molecule has 0 spiro atoms. The monoisotopic (exact) mass is 742 g/mol. The summed E-state index contributed by atoms with van der Waals surface area (Å²) < 4.78 is 6.28.